The summed E-state index contributed by atoms with van der Waals surface area (Å²) in [5.74, 6) is -0.0726. The van der Waals surface area contributed by atoms with Crippen LogP contribution in [0, 0.1) is 0 Å². The van der Waals surface area contributed by atoms with E-state index in [0.717, 1.165) is 11.1 Å². The second kappa shape index (κ2) is 9.57. The summed E-state index contributed by atoms with van der Waals surface area (Å²) in [5, 5.41) is 21.4. The highest BCUT2D eigenvalue weighted by molar-refractivity contribution is 6.07. The number of carbonyl (C=O) groups is 1. The van der Waals surface area contributed by atoms with E-state index in [4.69, 9.17) is 0 Å². The highest BCUT2D eigenvalue weighted by atomic mass is 16.3. The molecule has 0 amide bonds. The summed E-state index contributed by atoms with van der Waals surface area (Å²) >= 11 is 0. The molecule has 0 aliphatic rings. The van der Waals surface area contributed by atoms with Gasteiger partial charge in [0.15, 0.2) is 5.78 Å². The summed E-state index contributed by atoms with van der Waals surface area (Å²) in [4.78, 5) is 12.4. The van der Waals surface area contributed by atoms with Crippen molar-refractivity contribution in [1.82, 2.24) is 0 Å². The van der Waals surface area contributed by atoms with Crippen LogP contribution in [0.1, 0.15) is 27.0 Å². The number of allylic oxidation sites excluding steroid dienone is 3. The average Bonchev–Trinajstić information content (AvgIpc) is 2.76. The SMILES string of the molecule is C=CCc1ccc(O)c(-c2cc(CC=C)cc(C=CC(=O)c3ccccc3)c2O)c1. The van der Waals surface area contributed by atoms with Gasteiger partial charge >= 0.3 is 0 Å². The number of hydrogen-bond acceptors (Lipinski definition) is 3. The molecule has 0 fully saturated rings. The van der Waals surface area contributed by atoms with Crippen molar-refractivity contribution < 1.29 is 15.0 Å². The Bertz CT molecular complexity index is 1110. The highest BCUT2D eigenvalue weighted by Gasteiger charge is 2.14. The maximum atomic E-state index is 12.4. The molecule has 0 bridgehead atoms. The minimum absolute atomic E-state index is 0.00553. The lowest BCUT2D eigenvalue weighted by atomic mass is 9.94. The molecule has 0 atom stereocenters. The van der Waals surface area contributed by atoms with Gasteiger partial charge in [0.25, 0.3) is 0 Å². The largest absolute Gasteiger partial charge is 0.507 e. The summed E-state index contributed by atoms with van der Waals surface area (Å²) in [6.07, 6.45) is 7.85. The molecule has 3 nitrogen and oxygen atoms in total. The maximum Gasteiger partial charge on any atom is 0.185 e. The zero-order valence-electron chi connectivity index (χ0n) is 16.7. The van der Waals surface area contributed by atoms with E-state index in [1.54, 1.807) is 48.6 Å². The first kappa shape index (κ1) is 20.9. The lowest BCUT2D eigenvalue weighted by molar-refractivity contribution is 0.104. The van der Waals surface area contributed by atoms with Gasteiger partial charge < -0.3 is 10.2 Å². The van der Waals surface area contributed by atoms with Crippen molar-refractivity contribution in [3.63, 3.8) is 0 Å². The molecule has 2 N–H and O–H groups in total. The normalized spacial score (nSPS) is 10.8. The molecule has 0 aliphatic carbocycles. The minimum Gasteiger partial charge on any atom is -0.507 e. The monoisotopic (exact) mass is 396 g/mol. The van der Waals surface area contributed by atoms with E-state index in [-0.39, 0.29) is 17.3 Å². The molecule has 3 aromatic carbocycles. The van der Waals surface area contributed by atoms with Crippen LogP contribution in [-0.2, 0) is 12.8 Å². The van der Waals surface area contributed by atoms with Crippen molar-refractivity contribution in [3.05, 3.63) is 114 Å². The number of phenols is 2. The second-order valence-electron chi connectivity index (χ2n) is 6.98. The number of carbonyl (C=O) groups excluding carboxylic acids is 1. The van der Waals surface area contributed by atoms with E-state index >= 15 is 0 Å². The molecule has 0 aromatic heterocycles. The van der Waals surface area contributed by atoms with E-state index in [9.17, 15) is 15.0 Å². The molecule has 0 spiro atoms. The van der Waals surface area contributed by atoms with Crippen LogP contribution in [0.2, 0.25) is 0 Å². The van der Waals surface area contributed by atoms with Gasteiger partial charge in [-0.1, -0.05) is 48.6 Å². The van der Waals surface area contributed by atoms with Crippen LogP contribution in [0.15, 0.2) is 92.0 Å². The molecule has 150 valence electrons. The molecular weight excluding hydrogens is 372 g/mol. The number of rotatable bonds is 8. The van der Waals surface area contributed by atoms with Crippen molar-refractivity contribution in [2.75, 3.05) is 0 Å². The molecule has 0 radical (unpaired) electrons. The van der Waals surface area contributed by atoms with Crippen molar-refractivity contribution in [2.45, 2.75) is 12.8 Å². The van der Waals surface area contributed by atoms with Crippen LogP contribution in [-0.4, -0.2) is 16.0 Å². The van der Waals surface area contributed by atoms with Crippen molar-refractivity contribution in [2.24, 2.45) is 0 Å². The Morgan fingerprint density at radius 3 is 2.20 bits per heavy atom. The van der Waals surface area contributed by atoms with Gasteiger partial charge in [-0.25, -0.2) is 0 Å². The smallest absolute Gasteiger partial charge is 0.185 e. The Morgan fingerprint density at radius 2 is 1.50 bits per heavy atom. The summed E-state index contributed by atoms with van der Waals surface area (Å²) < 4.78 is 0. The number of hydrogen-bond donors (Lipinski definition) is 2. The zero-order valence-corrected chi connectivity index (χ0v) is 16.7. The lowest BCUT2D eigenvalue weighted by Gasteiger charge is -2.13. The second-order valence-corrected chi connectivity index (χ2v) is 6.98. The molecule has 3 aromatic rings. The predicted molar refractivity (Wildman–Crippen MR) is 123 cm³/mol. The van der Waals surface area contributed by atoms with Crippen molar-refractivity contribution >= 4 is 11.9 Å². The Labute approximate surface area is 177 Å². The first-order valence-electron chi connectivity index (χ1n) is 9.71. The fourth-order valence-electron chi connectivity index (χ4n) is 3.29. The van der Waals surface area contributed by atoms with Crippen LogP contribution in [0.3, 0.4) is 0 Å². The molecule has 3 rings (SSSR count). The van der Waals surface area contributed by atoms with Gasteiger partial charge in [0.05, 0.1) is 0 Å². The number of phenolic OH excluding ortho intramolecular Hbond substituents is 2. The Kier molecular flexibility index (Phi) is 6.66. The number of benzene rings is 3. The Morgan fingerprint density at radius 1 is 0.833 bits per heavy atom. The lowest BCUT2D eigenvalue weighted by Crippen LogP contribution is -1.94. The maximum absolute atomic E-state index is 12.4. The van der Waals surface area contributed by atoms with E-state index < -0.39 is 0 Å². The van der Waals surface area contributed by atoms with Gasteiger partial charge in [-0.2, -0.15) is 0 Å². The predicted octanol–water partition coefficient (Wildman–Crippen LogP) is 6.12. The molecule has 0 aliphatic heterocycles. The summed E-state index contributed by atoms with van der Waals surface area (Å²) in [6.45, 7) is 7.54. The third-order valence-electron chi connectivity index (χ3n) is 4.78. The molecule has 0 saturated carbocycles. The van der Waals surface area contributed by atoms with Crippen LogP contribution in [0.4, 0.5) is 0 Å². The topological polar surface area (TPSA) is 57.5 Å². The molecule has 30 heavy (non-hydrogen) atoms. The van der Waals surface area contributed by atoms with Crippen molar-refractivity contribution in [1.29, 1.82) is 0 Å². The Balaban J connectivity index is 2.07. The number of ketones is 1. The summed E-state index contributed by atoms with van der Waals surface area (Å²) in [5.41, 5.74) is 4.00. The first-order chi connectivity index (χ1) is 14.5. The van der Waals surface area contributed by atoms with Crippen LogP contribution < -0.4 is 0 Å². The summed E-state index contributed by atoms with van der Waals surface area (Å²) in [6, 6.07) is 17.9. The molecular formula is C27H24O3. The van der Waals surface area contributed by atoms with Gasteiger partial charge in [-0.15, -0.1) is 13.2 Å². The van der Waals surface area contributed by atoms with Gasteiger partial charge in [-0.3, -0.25) is 4.79 Å². The minimum atomic E-state index is -0.151. The molecule has 3 heteroatoms. The Hall–Kier alpha value is -3.85. The fraction of sp³-hybridized carbons (Fsp3) is 0.0741. The molecule has 0 unspecified atom stereocenters. The highest BCUT2D eigenvalue weighted by Crippen LogP contribution is 2.39. The molecule has 0 saturated heterocycles. The standard InChI is InChI=1S/C27H24O3/c1-3-8-19-12-14-26(29)23(17-19)24-18-20(9-4-2)16-22(27(24)30)13-15-25(28)21-10-6-5-7-11-21/h3-7,10-18,29-30H,1-2,8-9H2. The van der Waals surface area contributed by atoms with E-state index in [0.29, 0.717) is 35.1 Å². The van der Waals surface area contributed by atoms with Crippen LogP contribution in [0.5, 0.6) is 11.5 Å². The van der Waals surface area contributed by atoms with E-state index in [1.807, 2.05) is 30.3 Å². The average molecular weight is 396 g/mol. The van der Waals surface area contributed by atoms with Gasteiger partial charge in [-0.05, 0) is 60.4 Å². The summed E-state index contributed by atoms with van der Waals surface area (Å²) in [7, 11) is 0. The third kappa shape index (κ3) is 4.76. The van der Waals surface area contributed by atoms with E-state index in [2.05, 4.69) is 13.2 Å². The van der Waals surface area contributed by atoms with Gasteiger partial charge in [0, 0.05) is 22.3 Å². The fourth-order valence-corrected chi connectivity index (χ4v) is 3.29. The van der Waals surface area contributed by atoms with Gasteiger partial charge in [0.2, 0.25) is 0 Å². The van der Waals surface area contributed by atoms with Crippen molar-refractivity contribution in [3.8, 4) is 22.6 Å². The van der Waals surface area contributed by atoms with E-state index in [1.165, 1.54) is 6.08 Å². The van der Waals surface area contributed by atoms with Crippen LogP contribution in [0.25, 0.3) is 17.2 Å². The third-order valence-corrected chi connectivity index (χ3v) is 4.78. The zero-order chi connectivity index (χ0) is 21.5. The molecule has 0 heterocycles. The number of aromatic hydroxyl groups is 2. The van der Waals surface area contributed by atoms with Gasteiger partial charge in [0.1, 0.15) is 11.5 Å². The first-order valence-corrected chi connectivity index (χ1v) is 9.71. The quantitative estimate of drug-likeness (QED) is 0.274. The van der Waals surface area contributed by atoms with Crippen LogP contribution >= 0.6 is 0 Å².